The van der Waals surface area contributed by atoms with Gasteiger partial charge in [0.1, 0.15) is 0 Å². The molecule has 0 saturated carbocycles. The van der Waals surface area contributed by atoms with Crippen LogP contribution < -0.4 is 0 Å². The van der Waals surface area contributed by atoms with Gasteiger partial charge in [0.15, 0.2) is 0 Å². The molecule has 28 heavy (non-hydrogen) atoms. The standard InChI is InChI=1S/C26H52O2/c1-4-7-9-10-11-12-13-14-15-16-17-18-19-20-22-25(26(27)28)23-24(6-3)21-8-5-2/h24-25H,4-23H2,1-3H3,(H,27,28). The van der Waals surface area contributed by atoms with E-state index in [2.05, 4.69) is 20.8 Å². The molecule has 2 unspecified atom stereocenters. The van der Waals surface area contributed by atoms with Crippen LogP contribution in [0.25, 0.3) is 0 Å². The Hall–Kier alpha value is -0.530. The molecular weight excluding hydrogens is 344 g/mol. The Kier molecular flexibility index (Phi) is 20.8. The summed E-state index contributed by atoms with van der Waals surface area (Å²) in [5.74, 6) is -0.0727. The third-order valence-corrected chi connectivity index (χ3v) is 6.42. The Balaban J connectivity index is 3.56. The van der Waals surface area contributed by atoms with Gasteiger partial charge in [-0.2, -0.15) is 0 Å². The number of carboxylic acids is 1. The van der Waals surface area contributed by atoms with Crippen molar-refractivity contribution in [3.63, 3.8) is 0 Å². The van der Waals surface area contributed by atoms with Gasteiger partial charge in [0.2, 0.25) is 0 Å². The van der Waals surface area contributed by atoms with E-state index in [4.69, 9.17) is 0 Å². The van der Waals surface area contributed by atoms with E-state index in [-0.39, 0.29) is 5.92 Å². The zero-order chi connectivity index (χ0) is 20.9. The molecule has 0 aliphatic heterocycles. The number of aliphatic carboxylic acids is 1. The lowest BCUT2D eigenvalue weighted by molar-refractivity contribution is -0.142. The average Bonchev–Trinajstić information content (AvgIpc) is 2.69. The maximum atomic E-state index is 11.6. The number of rotatable bonds is 22. The lowest BCUT2D eigenvalue weighted by atomic mass is 9.86. The number of unbranched alkanes of at least 4 members (excludes halogenated alkanes) is 14. The van der Waals surface area contributed by atoms with E-state index in [9.17, 15) is 9.90 Å². The van der Waals surface area contributed by atoms with Crippen LogP contribution in [-0.2, 0) is 4.79 Å². The number of hydrogen-bond donors (Lipinski definition) is 1. The van der Waals surface area contributed by atoms with Gasteiger partial charge in [-0.15, -0.1) is 0 Å². The first-order valence-electron chi connectivity index (χ1n) is 12.9. The fraction of sp³-hybridized carbons (Fsp3) is 0.962. The van der Waals surface area contributed by atoms with Gasteiger partial charge >= 0.3 is 5.97 Å². The average molecular weight is 397 g/mol. The first kappa shape index (κ1) is 27.5. The summed E-state index contributed by atoms with van der Waals surface area (Å²) < 4.78 is 0. The van der Waals surface area contributed by atoms with Crippen LogP contribution in [0.2, 0.25) is 0 Å². The van der Waals surface area contributed by atoms with Crippen LogP contribution in [0.4, 0.5) is 0 Å². The van der Waals surface area contributed by atoms with Crippen molar-refractivity contribution in [1.29, 1.82) is 0 Å². The SMILES string of the molecule is CCCCCCCCCCCCCCCCC(CC(CC)CCCC)C(=O)O. The fourth-order valence-electron chi connectivity index (χ4n) is 4.31. The molecule has 168 valence electrons. The Morgan fingerprint density at radius 1 is 0.607 bits per heavy atom. The normalized spacial score (nSPS) is 13.5. The van der Waals surface area contributed by atoms with Crippen LogP contribution in [0, 0.1) is 11.8 Å². The van der Waals surface area contributed by atoms with Crippen LogP contribution >= 0.6 is 0 Å². The van der Waals surface area contributed by atoms with Crippen molar-refractivity contribution in [3.05, 3.63) is 0 Å². The zero-order valence-electron chi connectivity index (χ0n) is 19.7. The smallest absolute Gasteiger partial charge is 0.306 e. The maximum Gasteiger partial charge on any atom is 0.306 e. The molecule has 0 aliphatic carbocycles. The third-order valence-electron chi connectivity index (χ3n) is 6.42. The van der Waals surface area contributed by atoms with E-state index in [1.54, 1.807) is 0 Å². The Labute approximate surface area is 177 Å². The highest BCUT2D eigenvalue weighted by atomic mass is 16.4. The fourth-order valence-corrected chi connectivity index (χ4v) is 4.31. The minimum atomic E-state index is -0.565. The summed E-state index contributed by atoms with van der Waals surface area (Å²) in [7, 11) is 0. The molecule has 1 N–H and O–H groups in total. The van der Waals surface area contributed by atoms with Gasteiger partial charge in [0, 0.05) is 0 Å². The van der Waals surface area contributed by atoms with Gasteiger partial charge in [0.25, 0.3) is 0 Å². The first-order valence-corrected chi connectivity index (χ1v) is 12.9. The van der Waals surface area contributed by atoms with Gasteiger partial charge in [-0.3, -0.25) is 4.79 Å². The molecule has 0 fully saturated rings. The summed E-state index contributed by atoms with van der Waals surface area (Å²) in [6, 6.07) is 0. The van der Waals surface area contributed by atoms with Crippen LogP contribution in [0.1, 0.15) is 149 Å². The molecule has 2 nitrogen and oxygen atoms in total. The lowest BCUT2D eigenvalue weighted by Gasteiger charge is -2.19. The van der Waals surface area contributed by atoms with E-state index in [1.165, 1.54) is 103 Å². The molecule has 0 saturated heterocycles. The number of carbonyl (C=O) groups is 1. The van der Waals surface area contributed by atoms with E-state index >= 15 is 0 Å². The van der Waals surface area contributed by atoms with Crippen LogP contribution in [0.3, 0.4) is 0 Å². The number of carboxylic acid groups (broad SMARTS) is 1. The van der Waals surface area contributed by atoms with Gasteiger partial charge < -0.3 is 5.11 Å². The summed E-state index contributed by atoms with van der Waals surface area (Å²) >= 11 is 0. The lowest BCUT2D eigenvalue weighted by Crippen LogP contribution is -2.18. The van der Waals surface area contributed by atoms with Crippen molar-refractivity contribution in [2.75, 3.05) is 0 Å². The van der Waals surface area contributed by atoms with Crippen molar-refractivity contribution < 1.29 is 9.90 Å². The molecule has 0 aliphatic rings. The first-order chi connectivity index (χ1) is 13.7. The topological polar surface area (TPSA) is 37.3 Å². The Morgan fingerprint density at radius 2 is 1.04 bits per heavy atom. The van der Waals surface area contributed by atoms with Gasteiger partial charge in [-0.05, 0) is 18.8 Å². The second kappa shape index (κ2) is 21.2. The molecule has 0 bridgehead atoms. The molecule has 0 spiro atoms. The molecule has 2 atom stereocenters. The van der Waals surface area contributed by atoms with Gasteiger partial charge in [-0.1, -0.05) is 136 Å². The molecule has 0 heterocycles. The minimum absolute atomic E-state index is 0.112. The molecule has 0 aromatic carbocycles. The van der Waals surface area contributed by atoms with Crippen LogP contribution in [0.5, 0.6) is 0 Å². The molecule has 0 aromatic heterocycles. The summed E-state index contributed by atoms with van der Waals surface area (Å²) in [5.41, 5.74) is 0. The molecular formula is C26H52O2. The van der Waals surface area contributed by atoms with E-state index in [1.807, 2.05) is 0 Å². The van der Waals surface area contributed by atoms with Gasteiger partial charge in [0.05, 0.1) is 5.92 Å². The van der Waals surface area contributed by atoms with E-state index in [0.29, 0.717) is 5.92 Å². The van der Waals surface area contributed by atoms with Crippen molar-refractivity contribution in [2.45, 2.75) is 149 Å². The predicted octanol–water partition coefficient (Wildman–Crippen LogP) is 9.17. The van der Waals surface area contributed by atoms with E-state index < -0.39 is 5.97 Å². The quantitative estimate of drug-likeness (QED) is 0.185. The van der Waals surface area contributed by atoms with Crippen LogP contribution in [0.15, 0.2) is 0 Å². The van der Waals surface area contributed by atoms with Crippen molar-refractivity contribution in [3.8, 4) is 0 Å². The van der Waals surface area contributed by atoms with E-state index in [0.717, 1.165) is 25.7 Å². The molecule has 2 heteroatoms. The molecule has 0 amide bonds. The summed E-state index contributed by atoms with van der Waals surface area (Å²) in [5, 5.41) is 9.55. The highest BCUT2D eigenvalue weighted by molar-refractivity contribution is 5.69. The van der Waals surface area contributed by atoms with Gasteiger partial charge in [-0.25, -0.2) is 0 Å². The Bertz CT molecular complexity index is 326. The highest BCUT2D eigenvalue weighted by Gasteiger charge is 2.21. The molecule has 0 rings (SSSR count). The summed E-state index contributed by atoms with van der Waals surface area (Å²) in [4.78, 5) is 11.6. The summed E-state index contributed by atoms with van der Waals surface area (Å²) in [6.07, 6.45) is 25.6. The number of hydrogen-bond acceptors (Lipinski definition) is 1. The third kappa shape index (κ3) is 17.6. The predicted molar refractivity (Wildman–Crippen MR) is 124 cm³/mol. The molecule has 0 radical (unpaired) electrons. The zero-order valence-corrected chi connectivity index (χ0v) is 19.7. The minimum Gasteiger partial charge on any atom is -0.481 e. The van der Waals surface area contributed by atoms with Crippen molar-refractivity contribution >= 4 is 5.97 Å². The monoisotopic (exact) mass is 396 g/mol. The van der Waals surface area contributed by atoms with Crippen molar-refractivity contribution in [1.82, 2.24) is 0 Å². The second-order valence-corrected chi connectivity index (χ2v) is 9.07. The van der Waals surface area contributed by atoms with Crippen molar-refractivity contribution in [2.24, 2.45) is 11.8 Å². The molecule has 0 aromatic rings. The van der Waals surface area contributed by atoms with Crippen LogP contribution in [-0.4, -0.2) is 11.1 Å². The highest BCUT2D eigenvalue weighted by Crippen LogP contribution is 2.25. The Morgan fingerprint density at radius 3 is 1.43 bits per heavy atom. The largest absolute Gasteiger partial charge is 0.481 e. The second-order valence-electron chi connectivity index (χ2n) is 9.07. The maximum absolute atomic E-state index is 11.6. The summed E-state index contributed by atoms with van der Waals surface area (Å²) in [6.45, 7) is 6.71.